The third-order valence-corrected chi connectivity index (χ3v) is 1.84. The van der Waals surface area contributed by atoms with Gasteiger partial charge in [-0.1, -0.05) is 13.5 Å². The molecule has 66 valence electrons. The molecule has 0 fully saturated rings. The molecule has 1 atom stereocenters. The van der Waals surface area contributed by atoms with E-state index in [1.54, 1.807) is 6.33 Å². The Morgan fingerprint density at radius 2 is 2.50 bits per heavy atom. The first kappa shape index (κ1) is 8.84. The van der Waals surface area contributed by atoms with Gasteiger partial charge in [0.05, 0.1) is 17.8 Å². The number of aliphatic hydroxyl groups excluding tert-OH is 1. The van der Waals surface area contributed by atoms with Crippen molar-refractivity contribution in [3.63, 3.8) is 0 Å². The number of rotatable bonds is 3. The lowest BCUT2D eigenvalue weighted by Crippen LogP contribution is -2.02. The topological polar surface area (TPSA) is 38.0 Å². The van der Waals surface area contributed by atoms with Crippen molar-refractivity contribution in [2.45, 2.75) is 13.3 Å². The molecular formula is C9H14N2O. The van der Waals surface area contributed by atoms with E-state index in [0.717, 1.165) is 12.1 Å². The summed E-state index contributed by atoms with van der Waals surface area (Å²) in [6, 6.07) is 0. The van der Waals surface area contributed by atoms with Gasteiger partial charge < -0.3 is 9.67 Å². The number of aryl methyl sites for hydroxylation is 1. The number of aliphatic hydroxyl groups is 1. The summed E-state index contributed by atoms with van der Waals surface area (Å²) in [4.78, 5) is 4.15. The summed E-state index contributed by atoms with van der Waals surface area (Å²) >= 11 is 0. The molecule has 1 heterocycles. The molecule has 0 aliphatic heterocycles. The summed E-state index contributed by atoms with van der Waals surface area (Å²) in [5, 5.41) is 9.06. The normalized spacial score (nSPS) is 12.8. The van der Waals surface area contributed by atoms with Crippen molar-refractivity contribution < 1.29 is 5.11 Å². The van der Waals surface area contributed by atoms with Crippen molar-refractivity contribution >= 4 is 0 Å². The van der Waals surface area contributed by atoms with E-state index >= 15 is 0 Å². The molecule has 0 spiro atoms. The molecule has 0 unspecified atom stereocenters. The second kappa shape index (κ2) is 3.43. The number of allylic oxidation sites excluding steroid dienone is 1. The van der Waals surface area contributed by atoms with Crippen molar-refractivity contribution in [1.29, 1.82) is 0 Å². The Kier molecular flexibility index (Phi) is 2.53. The van der Waals surface area contributed by atoms with E-state index in [-0.39, 0.29) is 11.7 Å². The van der Waals surface area contributed by atoms with Crippen LogP contribution in [0.4, 0.5) is 0 Å². The van der Waals surface area contributed by atoms with Gasteiger partial charge >= 0.3 is 0 Å². The van der Waals surface area contributed by atoms with E-state index < -0.39 is 0 Å². The molecule has 1 aromatic rings. The first-order chi connectivity index (χ1) is 5.59. The molecule has 12 heavy (non-hydrogen) atoms. The maximum Gasteiger partial charge on any atom is 0.0946 e. The van der Waals surface area contributed by atoms with Gasteiger partial charge in [-0.3, -0.25) is 0 Å². The van der Waals surface area contributed by atoms with Crippen LogP contribution < -0.4 is 0 Å². The molecule has 1 aromatic heterocycles. The molecule has 0 bridgehead atoms. The molecule has 0 radical (unpaired) electrons. The van der Waals surface area contributed by atoms with Gasteiger partial charge in [-0.05, 0) is 0 Å². The number of nitrogens with zero attached hydrogens (tertiary/aromatic N) is 2. The highest BCUT2D eigenvalue weighted by molar-refractivity contribution is 5.01. The monoisotopic (exact) mass is 166 g/mol. The minimum Gasteiger partial charge on any atom is -0.513 e. The Hall–Kier alpha value is -1.25. The Balaban J connectivity index is 2.58. The van der Waals surface area contributed by atoms with Gasteiger partial charge in [0, 0.05) is 25.6 Å². The lowest BCUT2D eigenvalue weighted by atomic mass is 10.1. The van der Waals surface area contributed by atoms with Gasteiger partial charge in [-0.25, -0.2) is 4.98 Å². The van der Waals surface area contributed by atoms with Gasteiger partial charge in [0.15, 0.2) is 0 Å². The highest BCUT2D eigenvalue weighted by atomic mass is 16.3. The highest BCUT2D eigenvalue weighted by Gasteiger charge is 2.07. The van der Waals surface area contributed by atoms with Gasteiger partial charge in [0.1, 0.15) is 0 Å². The second-order valence-electron chi connectivity index (χ2n) is 3.13. The number of aromatic nitrogens is 2. The molecule has 0 aromatic carbocycles. The van der Waals surface area contributed by atoms with Gasteiger partial charge in [0.25, 0.3) is 0 Å². The summed E-state index contributed by atoms with van der Waals surface area (Å²) in [7, 11) is 1.93. The third-order valence-electron chi connectivity index (χ3n) is 1.84. The summed E-state index contributed by atoms with van der Waals surface area (Å²) in [5.74, 6) is 0.306. The second-order valence-corrected chi connectivity index (χ2v) is 3.13. The maximum atomic E-state index is 9.06. The molecule has 1 rings (SSSR count). The van der Waals surface area contributed by atoms with Crippen LogP contribution in [0, 0.1) is 5.92 Å². The molecule has 0 amide bonds. The predicted molar refractivity (Wildman–Crippen MR) is 47.8 cm³/mol. The lowest BCUT2D eigenvalue weighted by molar-refractivity contribution is 0.341. The molecule has 3 nitrogen and oxygen atoms in total. The van der Waals surface area contributed by atoms with Crippen LogP contribution in [0.5, 0.6) is 0 Å². The number of hydrogen-bond acceptors (Lipinski definition) is 2. The van der Waals surface area contributed by atoms with E-state index in [1.807, 2.05) is 24.7 Å². The Morgan fingerprint density at radius 3 is 2.92 bits per heavy atom. The Bertz CT molecular complexity index is 278. The predicted octanol–water partition coefficient (Wildman–Crippen LogP) is 1.67. The summed E-state index contributed by atoms with van der Waals surface area (Å²) in [6.07, 6.45) is 4.44. The molecule has 0 saturated heterocycles. The zero-order chi connectivity index (χ0) is 9.14. The first-order valence-electron chi connectivity index (χ1n) is 3.94. The average Bonchev–Trinajstić information content (AvgIpc) is 2.35. The van der Waals surface area contributed by atoms with E-state index in [0.29, 0.717) is 0 Å². The maximum absolute atomic E-state index is 9.06. The van der Waals surface area contributed by atoms with Crippen LogP contribution in [0.15, 0.2) is 24.9 Å². The fourth-order valence-corrected chi connectivity index (χ4v) is 1.00. The van der Waals surface area contributed by atoms with Crippen LogP contribution in [0.1, 0.15) is 12.6 Å². The molecule has 3 heteroatoms. The quantitative estimate of drug-likeness (QED) is 0.693. The molecule has 0 saturated carbocycles. The zero-order valence-corrected chi connectivity index (χ0v) is 7.49. The minimum atomic E-state index is 0.0832. The van der Waals surface area contributed by atoms with E-state index in [1.165, 1.54) is 0 Å². The molecule has 0 aliphatic carbocycles. The zero-order valence-electron chi connectivity index (χ0n) is 7.49. The van der Waals surface area contributed by atoms with Crippen molar-refractivity contribution in [3.8, 4) is 0 Å². The minimum absolute atomic E-state index is 0.0832. The Morgan fingerprint density at radius 1 is 1.83 bits per heavy atom. The lowest BCUT2D eigenvalue weighted by Gasteiger charge is -2.06. The molecular weight excluding hydrogens is 152 g/mol. The van der Waals surface area contributed by atoms with Crippen LogP contribution in [0.2, 0.25) is 0 Å². The summed E-state index contributed by atoms with van der Waals surface area (Å²) < 4.78 is 1.89. The number of imidazole rings is 1. The van der Waals surface area contributed by atoms with Crippen LogP contribution in [-0.4, -0.2) is 14.7 Å². The first-order valence-corrected chi connectivity index (χ1v) is 3.94. The van der Waals surface area contributed by atoms with Gasteiger partial charge in [-0.2, -0.15) is 0 Å². The van der Waals surface area contributed by atoms with E-state index in [2.05, 4.69) is 11.6 Å². The average molecular weight is 166 g/mol. The Labute approximate surface area is 72.4 Å². The van der Waals surface area contributed by atoms with Gasteiger partial charge in [-0.15, -0.1) is 0 Å². The highest BCUT2D eigenvalue weighted by Crippen LogP contribution is 2.11. The summed E-state index contributed by atoms with van der Waals surface area (Å²) in [5.41, 5.74) is 0.986. The van der Waals surface area contributed by atoms with Crippen molar-refractivity contribution in [3.05, 3.63) is 30.6 Å². The van der Waals surface area contributed by atoms with E-state index in [9.17, 15) is 0 Å². The van der Waals surface area contributed by atoms with Crippen LogP contribution in [-0.2, 0) is 13.5 Å². The largest absolute Gasteiger partial charge is 0.513 e. The molecule has 1 N–H and O–H groups in total. The molecule has 0 aliphatic rings. The fourth-order valence-electron chi connectivity index (χ4n) is 1.00. The smallest absolute Gasteiger partial charge is 0.0946 e. The van der Waals surface area contributed by atoms with Crippen LogP contribution >= 0.6 is 0 Å². The SMILES string of the molecule is C=C(O)[C@H](C)Cc1cn(C)cn1. The fraction of sp³-hybridized carbons (Fsp3) is 0.444. The van der Waals surface area contributed by atoms with Gasteiger partial charge in [0.2, 0.25) is 0 Å². The van der Waals surface area contributed by atoms with Crippen LogP contribution in [0.3, 0.4) is 0 Å². The third kappa shape index (κ3) is 2.12. The van der Waals surface area contributed by atoms with Crippen molar-refractivity contribution in [2.75, 3.05) is 0 Å². The van der Waals surface area contributed by atoms with Crippen LogP contribution in [0.25, 0.3) is 0 Å². The van der Waals surface area contributed by atoms with E-state index in [4.69, 9.17) is 5.11 Å². The number of hydrogen-bond donors (Lipinski definition) is 1. The van der Waals surface area contributed by atoms with Crippen molar-refractivity contribution in [2.24, 2.45) is 13.0 Å². The van der Waals surface area contributed by atoms with Crippen molar-refractivity contribution in [1.82, 2.24) is 9.55 Å². The standard InChI is InChI=1S/C9H14N2O/c1-7(8(2)12)4-9-5-11(3)6-10-9/h5-7,12H,2,4H2,1,3H3/t7-/m1/s1. The summed E-state index contributed by atoms with van der Waals surface area (Å²) in [6.45, 7) is 5.41.